The summed E-state index contributed by atoms with van der Waals surface area (Å²) in [6.07, 6.45) is -0.248. The molecule has 2 heterocycles. The molecule has 1 aliphatic heterocycles. The fourth-order valence-electron chi connectivity index (χ4n) is 2.39. The molecule has 1 aromatic heterocycles. The van der Waals surface area contributed by atoms with Crippen LogP contribution in [-0.2, 0) is 11.3 Å². The number of ether oxygens (including phenoxy) is 1. The van der Waals surface area contributed by atoms with Crippen LogP contribution in [0, 0.1) is 0 Å². The quantitative estimate of drug-likeness (QED) is 0.760. The molecule has 0 saturated heterocycles. The highest BCUT2D eigenvalue weighted by atomic mass is 35.5. The Hall–Kier alpha value is -2.07. The molecule has 21 heavy (non-hydrogen) atoms. The number of carbonyl (C=O) groups is 1. The van der Waals surface area contributed by atoms with Crippen molar-refractivity contribution in [2.24, 2.45) is 0 Å². The molecule has 0 spiro atoms. The van der Waals surface area contributed by atoms with E-state index in [2.05, 4.69) is 4.98 Å². The van der Waals surface area contributed by atoms with Gasteiger partial charge in [0.2, 0.25) is 11.8 Å². The van der Waals surface area contributed by atoms with Gasteiger partial charge in [-0.2, -0.15) is 0 Å². The number of amides is 1. The van der Waals surface area contributed by atoms with Crippen molar-refractivity contribution in [3.05, 3.63) is 58.7 Å². The summed E-state index contributed by atoms with van der Waals surface area (Å²) >= 11 is 5.95. The third kappa shape index (κ3) is 3.00. The molecule has 0 aliphatic carbocycles. The van der Waals surface area contributed by atoms with Crippen molar-refractivity contribution in [2.45, 2.75) is 19.6 Å². The molecule has 1 aromatic carbocycles. The van der Waals surface area contributed by atoms with Crippen molar-refractivity contribution in [2.75, 3.05) is 6.54 Å². The second-order valence-electron chi connectivity index (χ2n) is 5.01. The van der Waals surface area contributed by atoms with Gasteiger partial charge < -0.3 is 9.64 Å². The highest BCUT2D eigenvalue weighted by molar-refractivity contribution is 6.29. The minimum absolute atomic E-state index is 0.0160. The average Bonchev–Trinajstić information content (AvgIpc) is 2.67. The van der Waals surface area contributed by atoms with Gasteiger partial charge in [-0.1, -0.05) is 41.9 Å². The van der Waals surface area contributed by atoms with Crippen LogP contribution < -0.4 is 4.74 Å². The Bertz CT molecular complexity index is 661. The van der Waals surface area contributed by atoms with E-state index in [1.54, 1.807) is 17.9 Å². The molecule has 2 aromatic rings. The molecule has 108 valence electrons. The minimum Gasteiger partial charge on any atom is -0.467 e. The van der Waals surface area contributed by atoms with Crippen LogP contribution in [0.3, 0.4) is 0 Å². The van der Waals surface area contributed by atoms with Crippen molar-refractivity contribution >= 4 is 17.5 Å². The number of carbonyl (C=O) groups excluding carboxylic acids is 1. The number of rotatable bonds is 1. The Labute approximate surface area is 128 Å². The normalized spacial score (nSPS) is 17.6. The molecule has 0 N–H and O–H groups in total. The first-order chi connectivity index (χ1) is 10.1. The molecule has 0 radical (unpaired) electrons. The van der Waals surface area contributed by atoms with Gasteiger partial charge in [0.15, 0.2) is 0 Å². The maximum absolute atomic E-state index is 11.8. The number of fused-ring (bicyclic) bond motifs is 1. The lowest BCUT2D eigenvalue weighted by molar-refractivity contribution is -0.130. The summed E-state index contributed by atoms with van der Waals surface area (Å²) in [5.74, 6) is 0.516. The van der Waals surface area contributed by atoms with Gasteiger partial charge >= 0.3 is 0 Å². The smallest absolute Gasteiger partial charge is 0.220 e. The Morgan fingerprint density at radius 2 is 2.05 bits per heavy atom. The van der Waals surface area contributed by atoms with Crippen LogP contribution in [0.1, 0.15) is 24.2 Å². The maximum atomic E-state index is 11.8. The molecule has 0 bridgehead atoms. The van der Waals surface area contributed by atoms with E-state index in [0.717, 1.165) is 11.1 Å². The first-order valence-corrected chi connectivity index (χ1v) is 7.14. The lowest BCUT2D eigenvalue weighted by atomic mass is 10.1. The summed E-state index contributed by atoms with van der Waals surface area (Å²) in [6, 6.07) is 13.4. The molecule has 0 fully saturated rings. The summed E-state index contributed by atoms with van der Waals surface area (Å²) in [7, 11) is 0. The second-order valence-corrected chi connectivity index (χ2v) is 5.40. The van der Waals surface area contributed by atoms with Gasteiger partial charge in [0.05, 0.1) is 13.1 Å². The van der Waals surface area contributed by atoms with Gasteiger partial charge in [0.25, 0.3) is 0 Å². The lowest BCUT2D eigenvalue weighted by Crippen LogP contribution is -2.32. The number of nitrogens with zero attached hydrogens (tertiary/aromatic N) is 2. The molecule has 1 amide bonds. The van der Waals surface area contributed by atoms with E-state index >= 15 is 0 Å². The van der Waals surface area contributed by atoms with E-state index in [-0.39, 0.29) is 12.0 Å². The van der Waals surface area contributed by atoms with Crippen molar-refractivity contribution in [1.29, 1.82) is 0 Å². The summed E-state index contributed by atoms with van der Waals surface area (Å²) in [6.45, 7) is 2.54. The molecule has 0 saturated carbocycles. The zero-order valence-electron chi connectivity index (χ0n) is 11.6. The van der Waals surface area contributed by atoms with Crippen LogP contribution in [-0.4, -0.2) is 22.3 Å². The minimum atomic E-state index is -0.248. The molecule has 1 atom stereocenters. The maximum Gasteiger partial charge on any atom is 0.220 e. The van der Waals surface area contributed by atoms with Gasteiger partial charge in [0.1, 0.15) is 11.3 Å². The van der Waals surface area contributed by atoms with Crippen molar-refractivity contribution < 1.29 is 9.53 Å². The van der Waals surface area contributed by atoms with Crippen LogP contribution in [0.25, 0.3) is 0 Å². The fourth-order valence-corrected chi connectivity index (χ4v) is 2.53. The van der Waals surface area contributed by atoms with Crippen LogP contribution >= 0.6 is 11.6 Å². The standard InChI is InChI=1S/C16H15ClN2O2/c1-11(20)19-9-13-7-8-15(17)18-16(13)21-14(10-19)12-5-3-2-4-6-12/h2-8,14H,9-10H2,1H3. The van der Waals surface area contributed by atoms with Crippen LogP contribution in [0.15, 0.2) is 42.5 Å². The van der Waals surface area contributed by atoms with Gasteiger partial charge in [-0.3, -0.25) is 4.79 Å². The third-order valence-corrected chi connectivity index (χ3v) is 3.73. The number of pyridine rings is 1. The number of halogens is 1. The second kappa shape index (κ2) is 5.74. The third-order valence-electron chi connectivity index (χ3n) is 3.52. The van der Waals surface area contributed by atoms with Gasteiger partial charge in [-0.05, 0) is 17.7 Å². The summed E-state index contributed by atoms with van der Waals surface area (Å²) in [4.78, 5) is 17.8. The van der Waals surface area contributed by atoms with E-state index in [1.165, 1.54) is 0 Å². The molecule has 5 heteroatoms. The predicted octanol–water partition coefficient (Wildman–Crippen LogP) is 3.22. The largest absolute Gasteiger partial charge is 0.467 e. The average molecular weight is 303 g/mol. The highest BCUT2D eigenvalue weighted by Crippen LogP contribution is 2.30. The first-order valence-electron chi connectivity index (χ1n) is 6.76. The molecule has 3 rings (SSSR count). The van der Waals surface area contributed by atoms with E-state index in [1.807, 2.05) is 36.4 Å². The Morgan fingerprint density at radius 1 is 1.29 bits per heavy atom. The molecule has 1 unspecified atom stereocenters. The first kappa shape index (κ1) is 13.9. The summed E-state index contributed by atoms with van der Waals surface area (Å²) in [5, 5.41) is 0.386. The molecule has 4 nitrogen and oxygen atoms in total. The van der Waals surface area contributed by atoms with Gasteiger partial charge in [-0.15, -0.1) is 0 Å². The summed E-state index contributed by atoms with van der Waals surface area (Å²) < 4.78 is 6.01. The van der Waals surface area contributed by atoms with Gasteiger partial charge in [0, 0.05) is 12.5 Å². The molecular formula is C16H15ClN2O2. The van der Waals surface area contributed by atoms with E-state index < -0.39 is 0 Å². The summed E-state index contributed by atoms with van der Waals surface area (Å²) in [5.41, 5.74) is 1.88. The fraction of sp³-hybridized carbons (Fsp3) is 0.250. The topological polar surface area (TPSA) is 42.4 Å². The van der Waals surface area contributed by atoms with Crippen LogP contribution in [0.2, 0.25) is 5.15 Å². The Kier molecular flexibility index (Phi) is 3.80. The van der Waals surface area contributed by atoms with E-state index in [4.69, 9.17) is 16.3 Å². The Balaban J connectivity index is 2.01. The van der Waals surface area contributed by atoms with Gasteiger partial charge in [-0.25, -0.2) is 4.98 Å². The van der Waals surface area contributed by atoms with E-state index in [0.29, 0.717) is 24.1 Å². The Morgan fingerprint density at radius 3 is 2.76 bits per heavy atom. The zero-order chi connectivity index (χ0) is 14.8. The number of benzene rings is 1. The lowest BCUT2D eigenvalue weighted by Gasteiger charge is -2.22. The SMILES string of the molecule is CC(=O)N1Cc2ccc(Cl)nc2OC(c2ccccc2)C1. The van der Waals surface area contributed by atoms with Crippen LogP contribution in [0.5, 0.6) is 5.88 Å². The van der Waals surface area contributed by atoms with Crippen LogP contribution in [0.4, 0.5) is 0 Å². The predicted molar refractivity (Wildman–Crippen MR) is 80.1 cm³/mol. The van der Waals surface area contributed by atoms with E-state index in [9.17, 15) is 4.79 Å². The highest BCUT2D eigenvalue weighted by Gasteiger charge is 2.26. The number of aromatic nitrogens is 1. The van der Waals surface area contributed by atoms with Crippen molar-refractivity contribution in [1.82, 2.24) is 9.88 Å². The van der Waals surface area contributed by atoms with Crippen molar-refractivity contribution in [3.8, 4) is 5.88 Å². The van der Waals surface area contributed by atoms with Crippen molar-refractivity contribution in [3.63, 3.8) is 0 Å². The molecular weight excluding hydrogens is 288 g/mol. The molecule has 1 aliphatic rings. The number of hydrogen-bond donors (Lipinski definition) is 0. The zero-order valence-corrected chi connectivity index (χ0v) is 12.4. The number of hydrogen-bond acceptors (Lipinski definition) is 3. The monoisotopic (exact) mass is 302 g/mol.